The van der Waals surface area contributed by atoms with E-state index in [1.54, 1.807) is 72.8 Å². The number of hydrogen-bond acceptors (Lipinski definition) is 3. The van der Waals surface area contributed by atoms with Crippen molar-refractivity contribution in [3.63, 3.8) is 0 Å². The van der Waals surface area contributed by atoms with Crippen molar-refractivity contribution in [2.45, 2.75) is 0 Å². The Morgan fingerprint density at radius 2 is 1.56 bits per heavy atom. The summed E-state index contributed by atoms with van der Waals surface area (Å²) in [6, 6.07) is 20.7. The van der Waals surface area contributed by atoms with Gasteiger partial charge in [0.25, 0.3) is 0 Å². The minimum Gasteiger partial charge on any atom is -0.423 e. The molecule has 134 valence electrons. The van der Waals surface area contributed by atoms with E-state index in [1.165, 1.54) is 6.08 Å². The maximum Gasteiger partial charge on any atom is 0.344 e. The molecule has 0 aliphatic rings. The molecule has 0 fully saturated rings. The summed E-state index contributed by atoms with van der Waals surface area (Å²) in [6.07, 6.45) is 3.20. The summed E-state index contributed by atoms with van der Waals surface area (Å²) in [4.78, 5) is 24.3. The molecule has 3 nitrogen and oxygen atoms in total. The largest absolute Gasteiger partial charge is 0.423 e. The first-order valence-corrected chi connectivity index (χ1v) is 9.25. The standard InChI is InChI=1S/C22H14BrClO3/c23-20-4-2-1-3-19(20)22(26)27-18-12-5-15(6-13-18)7-14-21(25)16-8-10-17(24)11-9-16/h1-14H. The third-order valence-corrected chi connectivity index (χ3v) is 4.68. The highest BCUT2D eigenvalue weighted by molar-refractivity contribution is 9.10. The van der Waals surface area contributed by atoms with E-state index in [0.717, 1.165) is 5.56 Å². The summed E-state index contributed by atoms with van der Waals surface area (Å²) in [7, 11) is 0. The van der Waals surface area contributed by atoms with E-state index in [0.29, 0.717) is 26.4 Å². The summed E-state index contributed by atoms with van der Waals surface area (Å²) < 4.78 is 6.05. The van der Waals surface area contributed by atoms with Crippen LogP contribution in [0.5, 0.6) is 5.75 Å². The zero-order valence-corrected chi connectivity index (χ0v) is 16.4. The smallest absolute Gasteiger partial charge is 0.344 e. The van der Waals surface area contributed by atoms with E-state index < -0.39 is 5.97 Å². The molecule has 0 aliphatic heterocycles. The van der Waals surface area contributed by atoms with Gasteiger partial charge in [-0.3, -0.25) is 4.79 Å². The first-order valence-electron chi connectivity index (χ1n) is 8.08. The molecule has 0 heterocycles. The van der Waals surface area contributed by atoms with Crippen LogP contribution in [0.4, 0.5) is 0 Å². The van der Waals surface area contributed by atoms with Crippen molar-refractivity contribution in [3.05, 3.63) is 105 Å². The van der Waals surface area contributed by atoms with Gasteiger partial charge in [-0.15, -0.1) is 0 Å². The fourth-order valence-electron chi connectivity index (χ4n) is 2.32. The van der Waals surface area contributed by atoms with E-state index in [4.69, 9.17) is 16.3 Å². The minimum absolute atomic E-state index is 0.115. The topological polar surface area (TPSA) is 43.4 Å². The molecule has 0 bridgehead atoms. The van der Waals surface area contributed by atoms with Crippen molar-refractivity contribution in [1.82, 2.24) is 0 Å². The number of hydrogen-bond donors (Lipinski definition) is 0. The molecule has 0 amide bonds. The van der Waals surface area contributed by atoms with Gasteiger partial charge < -0.3 is 4.74 Å². The van der Waals surface area contributed by atoms with Gasteiger partial charge in [-0.1, -0.05) is 41.9 Å². The number of ketones is 1. The molecule has 0 aromatic heterocycles. The monoisotopic (exact) mass is 440 g/mol. The van der Waals surface area contributed by atoms with Crippen LogP contribution in [-0.4, -0.2) is 11.8 Å². The van der Waals surface area contributed by atoms with Gasteiger partial charge in [-0.05, 0) is 76.1 Å². The van der Waals surface area contributed by atoms with Gasteiger partial charge in [0, 0.05) is 15.1 Å². The lowest BCUT2D eigenvalue weighted by molar-refractivity contribution is 0.0733. The average molecular weight is 442 g/mol. The maximum atomic E-state index is 12.2. The predicted octanol–water partition coefficient (Wildman–Crippen LogP) is 6.22. The van der Waals surface area contributed by atoms with Gasteiger partial charge in [0.1, 0.15) is 5.75 Å². The van der Waals surface area contributed by atoms with Crippen molar-refractivity contribution in [1.29, 1.82) is 0 Å². The highest BCUT2D eigenvalue weighted by Gasteiger charge is 2.11. The molecule has 0 aliphatic carbocycles. The fraction of sp³-hybridized carbons (Fsp3) is 0. The van der Waals surface area contributed by atoms with E-state index >= 15 is 0 Å². The Balaban J connectivity index is 1.65. The molecule has 0 unspecified atom stereocenters. The van der Waals surface area contributed by atoms with Gasteiger partial charge in [0.2, 0.25) is 0 Å². The molecule has 0 radical (unpaired) electrons. The Kier molecular flexibility index (Phi) is 6.22. The molecule has 0 saturated heterocycles. The zero-order valence-electron chi connectivity index (χ0n) is 14.1. The third kappa shape index (κ3) is 5.16. The van der Waals surface area contributed by atoms with Gasteiger partial charge in [-0.25, -0.2) is 4.79 Å². The number of esters is 1. The fourth-order valence-corrected chi connectivity index (χ4v) is 2.89. The molecule has 3 aromatic carbocycles. The van der Waals surface area contributed by atoms with Gasteiger partial charge in [0.15, 0.2) is 5.78 Å². The second kappa shape index (κ2) is 8.80. The predicted molar refractivity (Wildman–Crippen MR) is 110 cm³/mol. The van der Waals surface area contributed by atoms with Crippen LogP contribution in [-0.2, 0) is 0 Å². The Hall–Kier alpha value is -2.69. The van der Waals surface area contributed by atoms with E-state index in [2.05, 4.69) is 15.9 Å². The molecule has 0 spiro atoms. The SMILES string of the molecule is O=C(C=Cc1ccc(OC(=O)c2ccccc2Br)cc1)c1ccc(Cl)cc1. The van der Waals surface area contributed by atoms with E-state index in [1.807, 2.05) is 6.07 Å². The van der Waals surface area contributed by atoms with Gasteiger partial charge in [0.05, 0.1) is 5.56 Å². The molecule has 3 aromatic rings. The maximum absolute atomic E-state index is 12.2. The van der Waals surface area contributed by atoms with Crippen LogP contribution in [0.25, 0.3) is 6.08 Å². The zero-order chi connectivity index (χ0) is 19.2. The average Bonchev–Trinajstić information content (AvgIpc) is 2.68. The number of rotatable bonds is 5. The second-order valence-corrected chi connectivity index (χ2v) is 6.93. The summed E-state index contributed by atoms with van der Waals surface area (Å²) in [5.41, 5.74) is 1.84. The van der Waals surface area contributed by atoms with Crippen molar-refractivity contribution >= 4 is 45.4 Å². The Bertz CT molecular complexity index is 993. The van der Waals surface area contributed by atoms with Crippen LogP contribution >= 0.6 is 27.5 Å². The molecule has 5 heteroatoms. The second-order valence-electron chi connectivity index (χ2n) is 5.64. The van der Waals surface area contributed by atoms with Crippen LogP contribution < -0.4 is 4.74 Å². The molecular weight excluding hydrogens is 428 g/mol. The lowest BCUT2D eigenvalue weighted by Gasteiger charge is -2.06. The number of allylic oxidation sites excluding steroid dienone is 1. The summed E-state index contributed by atoms with van der Waals surface area (Å²) >= 11 is 9.15. The quantitative estimate of drug-likeness (QED) is 0.204. The van der Waals surface area contributed by atoms with Gasteiger partial charge >= 0.3 is 5.97 Å². The van der Waals surface area contributed by atoms with Crippen LogP contribution in [0.1, 0.15) is 26.3 Å². The highest BCUT2D eigenvalue weighted by atomic mass is 79.9. The van der Waals surface area contributed by atoms with E-state index in [-0.39, 0.29) is 5.78 Å². The molecule has 0 N–H and O–H groups in total. The summed E-state index contributed by atoms with van der Waals surface area (Å²) in [5, 5.41) is 0.586. The number of carbonyl (C=O) groups excluding carboxylic acids is 2. The number of carbonyl (C=O) groups is 2. The first-order chi connectivity index (χ1) is 13.0. The normalized spacial score (nSPS) is 10.7. The van der Waals surface area contributed by atoms with Crippen molar-refractivity contribution in [2.75, 3.05) is 0 Å². The summed E-state index contributed by atoms with van der Waals surface area (Å²) in [6.45, 7) is 0. The van der Waals surface area contributed by atoms with Crippen LogP contribution in [0.2, 0.25) is 5.02 Å². The van der Waals surface area contributed by atoms with Crippen LogP contribution in [0.3, 0.4) is 0 Å². The number of halogens is 2. The molecular formula is C22H14BrClO3. The molecule has 0 saturated carbocycles. The van der Waals surface area contributed by atoms with Crippen LogP contribution in [0.15, 0.2) is 83.3 Å². The Morgan fingerprint density at radius 3 is 2.22 bits per heavy atom. The lowest BCUT2D eigenvalue weighted by atomic mass is 10.1. The Morgan fingerprint density at radius 1 is 0.889 bits per heavy atom. The van der Waals surface area contributed by atoms with Crippen molar-refractivity contribution in [3.8, 4) is 5.75 Å². The van der Waals surface area contributed by atoms with Crippen molar-refractivity contribution in [2.24, 2.45) is 0 Å². The minimum atomic E-state index is -0.441. The molecule has 0 atom stereocenters. The Labute approximate surface area is 170 Å². The highest BCUT2D eigenvalue weighted by Crippen LogP contribution is 2.20. The molecule has 27 heavy (non-hydrogen) atoms. The first kappa shape index (κ1) is 19.1. The third-order valence-electron chi connectivity index (χ3n) is 3.74. The molecule has 3 rings (SSSR count). The van der Waals surface area contributed by atoms with Crippen LogP contribution in [0, 0.1) is 0 Å². The number of benzene rings is 3. The lowest BCUT2D eigenvalue weighted by Crippen LogP contribution is -2.09. The van der Waals surface area contributed by atoms with E-state index in [9.17, 15) is 9.59 Å². The summed E-state index contributed by atoms with van der Waals surface area (Å²) in [5.74, 6) is -0.128. The van der Waals surface area contributed by atoms with Crippen molar-refractivity contribution < 1.29 is 14.3 Å². The number of ether oxygens (including phenoxy) is 1. The van der Waals surface area contributed by atoms with Gasteiger partial charge in [-0.2, -0.15) is 0 Å².